The largest absolute Gasteiger partial charge is 0.416 e. The van der Waals surface area contributed by atoms with Crippen LogP contribution in [-0.4, -0.2) is 18.0 Å². The summed E-state index contributed by atoms with van der Waals surface area (Å²) in [6.07, 6.45) is -2.54. The molecule has 1 aliphatic rings. The van der Waals surface area contributed by atoms with E-state index in [2.05, 4.69) is 0 Å². The number of alkyl halides is 3. The summed E-state index contributed by atoms with van der Waals surface area (Å²) in [5.41, 5.74) is -0.641. The Morgan fingerprint density at radius 2 is 1.78 bits per heavy atom. The SMILES string of the molecule is N#CC(c1ccccc1C(F)(F)F)N1CCCC1. The van der Waals surface area contributed by atoms with Gasteiger partial charge in [-0.15, -0.1) is 0 Å². The smallest absolute Gasteiger partial charge is 0.284 e. The van der Waals surface area contributed by atoms with E-state index >= 15 is 0 Å². The highest BCUT2D eigenvalue weighted by Gasteiger charge is 2.36. The molecule has 1 saturated heterocycles. The van der Waals surface area contributed by atoms with Crippen LogP contribution in [0, 0.1) is 11.3 Å². The fourth-order valence-electron chi connectivity index (χ4n) is 2.34. The lowest BCUT2D eigenvalue weighted by Crippen LogP contribution is -2.26. The Balaban J connectivity index is 2.40. The van der Waals surface area contributed by atoms with Gasteiger partial charge in [0.2, 0.25) is 0 Å². The highest BCUT2D eigenvalue weighted by molar-refractivity contribution is 5.35. The number of nitriles is 1. The van der Waals surface area contributed by atoms with Gasteiger partial charge in [0.1, 0.15) is 6.04 Å². The minimum atomic E-state index is -4.41. The standard InChI is InChI=1S/C13H13F3N2/c14-13(15,16)11-6-2-1-5-10(11)12(9-17)18-7-3-4-8-18/h1-2,5-6,12H,3-4,7-8H2. The first kappa shape index (κ1) is 12.9. The third kappa shape index (κ3) is 2.49. The summed E-state index contributed by atoms with van der Waals surface area (Å²) in [5.74, 6) is 0. The first-order chi connectivity index (χ1) is 8.54. The second kappa shape index (κ2) is 4.99. The number of likely N-dealkylation sites (tertiary alicyclic amines) is 1. The Morgan fingerprint density at radius 1 is 1.17 bits per heavy atom. The zero-order chi connectivity index (χ0) is 13.2. The molecular formula is C13H13F3N2. The molecule has 18 heavy (non-hydrogen) atoms. The molecule has 1 aliphatic heterocycles. The van der Waals surface area contributed by atoms with Gasteiger partial charge in [0.25, 0.3) is 0 Å². The van der Waals surface area contributed by atoms with Crippen LogP contribution in [0.4, 0.5) is 13.2 Å². The maximum atomic E-state index is 12.9. The molecule has 2 rings (SSSR count). The molecule has 1 heterocycles. The van der Waals surface area contributed by atoms with Gasteiger partial charge in [0.15, 0.2) is 0 Å². The lowest BCUT2D eigenvalue weighted by Gasteiger charge is -2.24. The van der Waals surface area contributed by atoms with Crippen molar-refractivity contribution in [3.63, 3.8) is 0 Å². The number of hydrogen-bond acceptors (Lipinski definition) is 2. The molecule has 1 aromatic carbocycles. The molecule has 0 aliphatic carbocycles. The second-order valence-electron chi connectivity index (χ2n) is 4.36. The monoisotopic (exact) mass is 254 g/mol. The van der Waals surface area contributed by atoms with Crippen LogP contribution >= 0.6 is 0 Å². The molecule has 5 heteroatoms. The zero-order valence-electron chi connectivity index (χ0n) is 9.74. The Kier molecular flexibility index (Phi) is 3.58. The zero-order valence-corrected chi connectivity index (χ0v) is 9.74. The van der Waals surface area contributed by atoms with E-state index in [0.717, 1.165) is 18.9 Å². The van der Waals surface area contributed by atoms with Crippen LogP contribution in [-0.2, 0) is 6.18 Å². The fourth-order valence-corrected chi connectivity index (χ4v) is 2.34. The summed E-state index contributed by atoms with van der Waals surface area (Å²) >= 11 is 0. The van der Waals surface area contributed by atoms with Crippen molar-refractivity contribution in [3.05, 3.63) is 35.4 Å². The quantitative estimate of drug-likeness (QED) is 0.809. The lowest BCUT2D eigenvalue weighted by atomic mass is 10.00. The van der Waals surface area contributed by atoms with Gasteiger partial charge in [0.05, 0.1) is 11.6 Å². The molecule has 0 spiro atoms. The summed E-state index contributed by atoms with van der Waals surface area (Å²) in [6, 6.07) is 6.53. The molecule has 0 bridgehead atoms. The number of benzene rings is 1. The second-order valence-corrected chi connectivity index (χ2v) is 4.36. The van der Waals surface area contributed by atoms with Crippen molar-refractivity contribution in [1.29, 1.82) is 5.26 Å². The molecule has 0 radical (unpaired) electrons. The normalized spacial score (nSPS) is 18.6. The Labute approximate surface area is 104 Å². The highest BCUT2D eigenvalue weighted by atomic mass is 19.4. The van der Waals surface area contributed by atoms with Crippen LogP contribution in [0.15, 0.2) is 24.3 Å². The van der Waals surface area contributed by atoms with E-state index in [1.54, 1.807) is 6.07 Å². The summed E-state index contributed by atoms with van der Waals surface area (Å²) in [6.45, 7) is 1.37. The average Bonchev–Trinajstić information content (AvgIpc) is 2.83. The van der Waals surface area contributed by atoms with Crippen LogP contribution < -0.4 is 0 Å². The van der Waals surface area contributed by atoms with Crippen molar-refractivity contribution in [2.45, 2.75) is 25.1 Å². The van der Waals surface area contributed by atoms with E-state index < -0.39 is 17.8 Å². The molecule has 0 saturated carbocycles. The number of rotatable bonds is 2. The van der Waals surface area contributed by atoms with Crippen molar-refractivity contribution < 1.29 is 13.2 Å². The fraction of sp³-hybridized carbons (Fsp3) is 0.462. The van der Waals surface area contributed by atoms with Gasteiger partial charge in [-0.3, -0.25) is 4.90 Å². The molecule has 1 fully saturated rings. The van der Waals surface area contributed by atoms with Crippen molar-refractivity contribution in [3.8, 4) is 6.07 Å². The van der Waals surface area contributed by atoms with Crippen molar-refractivity contribution >= 4 is 0 Å². The van der Waals surface area contributed by atoms with Crippen molar-refractivity contribution in [1.82, 2.24) is 4.90 Å². The average molecular weight is 254 g/mol. The summed E-state index contributed by atoms with van der Waals surface area (Å²) in [4.78, 5) is 1.81. The van der Waals surface area contributed by atoms with Crippen LogP contribution in [0.1, 0.15) is 30.0 Å². The third-order valence-electron chi connectivity index (χ3n) is 3.19. The predicted octanol–water partition coefficient (Wildman–Crippen LogP) is 3.37. The number of halogens is 3. The van der Waals surface area contributed by atoms with Crippen LogP contribution in [0.25, 0.3) is 0 Å². The minimum absolute atomic E-state index is 0.0643. The first-order valence-electron chi connectivity index (χ1n) is 5.84. The lowest BCUT2D eigenvalue weighted by molar-refractivity contribution is -0.138. The van der Waals surface area contributed by atoms with E-state index in [-0.39, 0.29) is 5.56 Å². The molecule has 0 N–H and O–H groups in total. The molecule has 2 nitrogen and oxygen atoms in total. The van der Waals surface area contributed by atoms with Gasteiger partial charge in [0, 0.05) is 0 Å². The molecule has 96 valence electrons. The van der Waals surface area contributed by atoms with Crippen LogP contribution in [0.3, 0.4) is 0 Å². The first-order valence-corrected chi connectivity index (χ1v) is 5.84. The van der Waals surface area contributed by atoms with E-state index in [9.17, 15) is 18.4 Å². The molecular weight excluding hydrogens is 241 g/mol. The van der Waals surface area contributed by atoms with E-state index in [0.29, 0.717) is 13.1 Å². The minimum Gasteiger partial charge on any atom is -0.284 e. The molecule has 1 atom stereocenters. The summed E-state index contributed by atoms with van der Waals surface area (Å²) in [5, 5.41) is 9.17. The Hall–Kier alpha value is -1.54. The maximum absolute atomic E-state index is 12.9. The summed E-state index contributed by atoms with van der Waals surface area (Å²) in [7, 11) is 0. The summed E-state index contributed by atoms with van der Waals surface area (Å²) < 4.78 is 38.7. The molecule has 0 amide bonds. The van der Waals surface area contributed by atoms with Crippen LogP contribution in [0.5, 0.6) is 0 Å². The van der Waals surface area contributed by atoms with Gasteiger partial charge < -0.3 is 0 Å². The Morgan fingerprint density at radius 3 is 2.33 bits per heavy atom. The van der Waals surface area contributed by atoms with Gasteiger partial charge in [-0.05, 0) is 37.6 Å². The van der Waals surface area contributed by atoms with Gasteiger partial charge in [-0.25, -0.2) is 0 Å². The molecule has 1 aromatic rings. The third-order valence-corrected chi connectivity index (χ3v) is 3.19. The van der Waals surface area contributed by atoms with Crippen molar-refractivity contribution in [2.75, 3.05) is 13.1 Å². The van der Waals surface area contributed by atoms with Gasteiger partial charge in [-0.2, -0.15) is 18.4 Å². The van der Waals surface area contributed by atoms with E-state index in [1.165, 1.54) is 12.1 Å². The number of hydrogen-bond donors (Lipinski definition) is 0. The number of nitrogens with zero attached hydrogens (tertiary/aromatic N) is 2. The topological polar surface area (TPSA) is 27.0 Å². The van der Waals surface area contributed by atoms with Crippen LogP contribution in [0.2, 0.25) is 0 Å². The van der Waals surface area contributed by atoms with E-state index in [4.69, 9.17) is 0 Å². The highest BCUT2D eigenvalue weighted by Crippen LogP contribution is 2.36. The van der Waals surface area contributed by atoms with Crippen molar-refractivity contribution in [2.24, 2.45) is 0 Å². The predicted molar refractivity (Wildman–Crippen MR) is 60.6 cm³/mol. The maximum Gasteiger partial charge on any atom is 0.416 e. The Bertz CT molecular complexity index is 456. The van der Waals surface area contributed by atoms with E-state index in [1.807, 2.05) is 11.0 Å². The molecule has 0 aromatic heterocycles. The van der Waals surface area contributed by atoms with Gasteiger partial charge >= 0.3 is 6.18 Å². The van der Waals surface area contributed by atoms with Gasteiger partial charge in [-0.1, -0.05) is 18.2 Å². The molecule has 1 unspecified atom stereocenters.